The molecule has 2 unspecified atom stereocenters. The first-order chi connectivity index (χ1) is 30.0. The molecule has 0 bridgehead atoms. The van der Waals surface area contributed by atoms with E-state index < -0.39 is 12.1 Å². The number of esters is 1. The lowest BCUT2D eigenvalue weighted by Crippen LogP contribution is -2.45. The number of carbonyl (C=O) groups is 2. The number of allylic oxidation sites excluding steroid dienone is 9. The first-order valence-corrected chi connectivity index (χ1v) is 26.1. The fraction of sp³-hybridized carbons (Fsp3) is 0.782. The molecule has 0 aliphatic heterocycles. The van der Waals surface area contributed by atoms with Gasteiger partial charge in [-0.05, 0) is 103 Å². The minimum absolute atomic E-state index is 0.0317. The second-order valence-electron chi connectivity index (χ2n) is 17.5. The normalized spacial score (nSPS) is 13.2. The average molecular weight is 854 g/mol. The van der Waals surface area contributed by atoms with Crippen LogP contribution in [0.5, 0.6) is 0 Å². The molecule has 0 radical (unpaired) electrons. The van der Waals surface area contributed by atoms with Crippen molar-refractivity contribution in [1.82, 2.24) is 5.32 Å². The molecule has 0 spiro atoms. The van der Waals surface area contributed by atoms with Gasteiger partial charge in [-0.1, -0.05) is 197 Å². The lowest BCUT2D eigenvalue weighted by atomic mass is 10.1. The van der Waals surface area contributed by atoms with Gasteiger partial charge in [0.2, 0.25) is 5.91 Å². The van der Waals surface area contributed by atoms with Crippen LogP contribution in [0, 0.1) is 0 Å². The summed E-state index contributed by atoms with van der Waals surface area (Å²) in [4.78, 5) is 24.4. The van der Waals surface area contributed by atoms with Crippen LogP contribution in [0.2, 0.25) is 0 Å². The van der Waals surface area contributed by atoms with Crippen molar-refractivity contribution in [2.75, 3.05) is 13.2 Å². The fourth-order valence-corrected chi connectivity index (χ4v) is 7.46. The highest BCUT2D eigenvalue weighted by Gasteiger charge is 2.18. The number of carbonyl (C=O) groups excluding carboxylic acids is 2. The van der Waals surface area contributed by atoms with Gasteiger partial charge in [0.25, 0.3) is 0 Å². The number of ether oxygens (including phenoxy) is 1. The summed E-state index contributed by atoms with van der Waals surface area (Å²) in [5.41, 5.74) is 0. The van der Waals surface area contributed by atoms with E-state index in [9.17, 15) is 19.8 Å². The molecule has 6 nitrogen and oxygen atoms in total. The Balaban J connectivity index is 3.55. The summed E-state index contributed by atoms with van der Waals surface area (Å²) in [6.45, 7) is 4.80. The van der Waals surface area contributed by atoms with Gasteiger partial charge in [0.1, 0.15) is 0 Å². The lowest BCUT2D eigenvalue weighted by Gasteiger charge is -2.20. The molecule has 0 aliphatic carbocycles. The van der Waals surface area contributed by atoms with Crippen molar-refractivity contribution in [1.29, 1.82) is 0 Å². The topological polar surface area (TPSA) is 95.9 Å². The highest BCUT2D eigenvalue weighted by molar-refractivity contribution is 5.76. The van der Waals surface area contributed by atoms with Crippen molar-refractivity contribution in [3.63, 3.8) is 0 Å². The molecule has 0 aliphatic rings. The van der Waals surface area contributed by atoms with E-state index in [1.165, 1.54) is 128 Å². The van der Waals surface area contributed by atoms with Crippen molar-refractivity contribution in [3.8, 4) is 0 Å². The molecule has 0 saturated carbocycles. The Labute approximate surface area is 378 Å². The molecule has 0 rings (SSSR count). The summed E-state index contributed by atoms with van der Waals surface area (Å²) in [6, 6.07) is -0.640. The van der Waals surface area contributed by atoms with E-state index in [1.54, 1.807) is 6.08 Å². The van der Waals surface area contributed by atoms with Crippen LogP contribution >= 0.6 is 0 Å². The van der Waals surface area contributed by atoms with Gasteiger partial charge in [-0.3, -0.25) is 9.59 Å². The molecular weight excluding hydrogens is 755 g/mol. The smallest absolute Gasteiger partial charge is 0.305 e. The SMILES string of the molecule is CCCCC/C=C\C/C=C\CCCCCCCC(=O)OCCCCC/C=C\C/C=C\CCCCCCCCCC(=O)NC(CO)C(O)/C=C/CCCCCCCCCCCC. The van der Waals surface area contributed by atoms with E-state index in [-0.39, 0.29) is 18.5 Å². The van der Waals surface area contributed by atoms with Crippen LogP contribution in [0.4, 0.5) is 0 Å². The highest BCUT2D eigenvalue weighted by atomic mass is 16.5. The molecule has 0 heterocycles. The molecule has 3 N–H and O–H groups in total. The monoisotopic (exact) mass is 854 g/mol. The summed E-state index contributed by atoms with van der Waals surface area (Å²) in [5, 5.41) is 23.0. The molecule has 0 aromatic heterocycles. The average Bonchev–Trinajstić information content (AvgIpc) is 3.26. The largest absolute Gasteiger partial charge is 0.466 e. The van der Waals surface area contributed by atoms with Crippen LogP contribution in [-0.4, -0.2) is 47.4 Å². The van der Waals surface area contributed by atoms with Gasteiger partial charge < -0.3 is 20.3 Å². The molecule has 1 amide bonds. The molecule has 0 aromatic rings. The van der Waals surface area contributed by atoms with Crippen LogP contribution in [-0.2, 0) is 14.3 Å². The summed E-state index contributed by atoms with van der Waals surface area (Å²) in [6.07, 6.45) is 63.6. The number of nitrogens with one attached hydrogen (secondary N) is 1. The Morgan fingerprint density at radius 2 is 0.820 bits per heavy atom. The fourth-order valence-electron chi connectivity index (χ4n) is 7.46. The summed E-state index contributed by atoms with van der Waals surface area (Å²) >= 11 is 0. The number of hydrogen-bond acceptors (Lipinski definition) is 5. The Hall–Kier alpha value is -2.44. The number of aliphatic hydroxyl groups is 2. The molecule has 0 saturated heterocycles. The third kappa shape index (κ3) is 46.9. The maximum absolute atomic E-state index is 12.4. The van der Waals surface area contributed by atoms with Crippen LogP contribution < -0.4 is 5.32 Å². The molecule has 2 atom stereocenters. The van der Waals surface area contributed by atoms with Crippen LogP contribution in [0.1, 0.15) is 251 Å². The minimum Gasteiger partial charge on any atom is -0.466 e. The lowest BCUT2D eigenvalue weighted by molar-refractivity contribution is -0.143. The van der Waals surface area contributed by atoms with Gasteiger partial charge in [-0.15, -0.1) is 0 Å². The van der Waals surface area contributed by atoms with Gasteiger partial charge in [-0.2, -0.15) is 0 Å². The Morgan fingerprint density at radius 1 is 0.459 bits per heavy atom. The summed E-state index contributed by atoms with van der Waals surface area (Å²) in [5.74, 6) is -0.119. The second-order valence-corrected chi connectivity index (χ2v) is 17.5. The number of aliphatic hydroxyl groups excluding tert-OH is 2. The van der Waals surface area contributed by atoms with E-state index in [0.717, 1.165) is 96.3 Å². The molecule has 0 fully saturated rings. The summed E-state index contributed by atoms with van der Waals surface area (Å²) in [7, 11) is 0. The summed E-state index contributed by atoms with van der Waals surface area (Å²) < 4.78 is 5.44. The van der Waals surface area contributed by atoms with E-state index in [0.29, 0.717) is 19.4 Å². The quantitative estimate of drug-likeness (QED) is 0.0322. The van der Waals surface area contributed by atoms with Crippen LogP contribution in [0.25, 0.3) is 0 Å². The minimum atomic E-state index is -0.855. The van der Waals surface area contributed by atoms with Crippen molar-refractivity contribution in [3.05, 3.63) is 60.8 Å². The Morgan fingerprint density at radius 3 is 1.28 bits per heavy atom. The molecule has 0 aromatic carbocycles. The van der Waals surface area contributed by atoms with Gasteiger partial charge in [-0.25, -0.2) is 0 Å². The molecule has 354 valence electrons. The first kappa shape index (κ1) is 58.6. The number of amides is 1. The predicted octanol–water partition coefficient (Wildman–Crippen LogP) is 15.6. The molecule has 6 heteroatoms. The molecular formula is C55H99NO5. The van der Waals surface area contributed by atoms with Crippen molar-refractivity contribution in [2.45, 2.75) is 264 Å². The Bertz CT molecular complexity index is 1080. The van der Waals surface area contributed by atoms with Crippen molar-refractivity contribution >= 4 is 11.9 Å². The van der Waals surface area contributed by atoms with E-state index in [2.05, 4.69) is 67.8 Å². The number of hydrogen-bond donors (Lipinski definition) is 3. The van der Waals surface area contributed by atoms with Crippen molar-refractivity contribution in [2.24, 2.45) is 0 Å². The second kappa shape index (κ2) is 50.2. The maximum atomic E-state index is 12.4. The maximum Gasteiger partial charge on any atom is 0.305 e. The number of rotatable bonds is 47. The van der Waals surface area contributed by atoms with Crippen molar-refractivity contribution < 1.29 is 24.5 Å². The zero-order chi connectivity index (χ0) is 44.4. The van der Waals surface area contributed by atoms with Gasteiger partial charge >= 0.3 is 5.97 Å². The third-order valence-electron chi connectivity index (χ3n) is 11.5. The standard InChI is InChI=1S/C55H99NO5/c1-3-5-7-9-11-13-15-17-21-25-29-33-37-41-45-49-55(60)61-50-46-42-38-34-30-26-23-20-18-19-22-24-28-32-36-40-44-48-54(59)56-52(51-57)53(58)47-43-39-35-31-27-16-14-12-10-8-6-4-2/h11,13,17-18,20-21,26,30,43,47,52-53,57-58H,3-10,12,14-16,19,22-25,27-29,31-42,44-46,48-51H2,1-2H3,(H,56,59)/b13-11-,20-18-,21-17-,30-26-,47-43+. The zero-order valence-electron chi connectivity index (χ0n) is 40.1. The predicted molar refractivity (Wildman–Crippen MR) is 264 cm³/mol. The van der Waals surface area contributed by atoms with Crippen LogP contribution in [0.15, 0.2) is 60.8 Å². The van der Waals surface area contributed by atoms with Gasteiger partial charge in [0.05, 0.1) is 25.4 Å². The third-order valence-corrected chi connectivity index (χ3v) is 11.5. The first-order valence-electron chi connectivity index (χ1n) is 26.1. The highest BCUT2D eigenvalue weighted by Crippen LogP contribution is 2.14. The van der Waals surface area contributed by atoms with E-state index in [1.807, 2.05) is 6.08 Å². The number of unbranched alkanes of at least 4 members (excludes halogenated alkanes) is 28. The zero-order valence-corrected chi connectivity index (χ0v) is 40.1. The van der Waals surface area contributed by atoms with E-state index >= 15 is 0 Å². The van der Waals surface area contributed by atoms with Gasteiger partial charge in [0.15, 0.2) is 0 Å². The van der Waals surface area contributed by atoms with E-state index in [4.69, 9.17) is 4.74 Å². The van der Waals surface area contributed by atoms with Gasteiger partial charge in [0, 0.05) is 12.8 Å². The van der Waals surface area contributed by atoms with Crippen LogP contribution in [0.3, 0.4) is 0 Å². The molecule has 61 heavy (non-hydrogen) atoms. The Kier molecular flexibility index (Phi) is 48.2.